The van der Waals surface area contributed by atoms with E-state index in [-0.39, 0.29) is 48.8 Å². The Hall–Kier alpha value is -4.78. The third kappa shape index (κ3) is 10.3. The summed E-state index contributed by atoms with van der Waals surface area (Å²) in [5, 5.41) is 0. The maximum Gasteiger partial charge on any atom is 0.410 e. The second kappa shape index (κ2) is 20.2. The van der Waals surface area contributed by atoms with Gasteiger partial charge in [0.15, 0.2) is 35.1 Å². The second-order valence-corrected chi connectivity index (χ2v) is 14.5. The Morgan fingerprint density at radius 3 is 2.16 bits per heavy atom. The summed E-state index contributed by atoms with van der Waals surface area (Å²) < 4.78 is 41.5. The lowest BCUT2D eigenvalue weighted by Crippen LogP contribution is -2.55. The van der Waals surface area contributed by atoms with Gasteiger partial charge in [-0.1, -0.05) is 45.4 Å². The summed E-state index contributed by atoms with van der Waals surface area (Å²) in [7, 11) is 5.92. The number of Topliss-reactive ketones (excluding diaryl/α,β-unsaturated/α-hetero) is 1. The van der Waals surface area contributed by atoms with Crippen molar-refractivity contribution < 1.29 is 52.3 Å². The van der Waals surface area contributed by atoms with Gasteiger partial charge in [-0.2, -0.15) is 0 Å². The molecule has 1 aliphatic heterocycles. The number of likely N-dealkylation sites (N-methyl/N-ethyl adjacent to an activating group) is 1. The van der Waals surface area contributed by atoms with Gasteiger partial charge in [-0.15, -0.1) is 0 Å². The molecule has 2 amide bonds. The third-order valence-corrected chi connectivity index (χ3v) is 9.34. The third-order valence-electron chi connectivity index (χ3n) is 9.34. The summed E-state index contributed by atoms with van der Waals surface area (Å²) in [4.78, 5) is 58.8. The van der Waals surface area contributed by atoms with Gasteiger partial charge < -0.3 is 38.1 Å². The van der Waals surface area contributed by atoms with Gasteiger partial charge in [0, 0.05) is 31.2 Å². The summed E-state index contributed by atoms with van der Waals surface area (Å²) in [6, 6.07) is -0.384. The van der Waals surface area contributed by atoms with Crippen LogP contribution < -0.4 is 23.7 Å². The molecule has 0 N–H and O–H groups in total. The summed E-state index contributed by atoms with van der Waals surface area (Å²) in [5.74, 6) is 0.569. The number of hydrogen-bond donors (Lipinski definition) is 0. The zero-order valence-corrected chi connectivity index (χ0v) is 34.6. The number of fused-ring (bicyclic) bond motifs is 1. The van der Waals surface area contributed by atoms with Gasteiger partial charge in [0.25, 0.3) is 0 Å². The van der Waals surface area contributed by atoms with Crippen molar-refractivity contribution >= 4 is 24.1 Å². The van der Waals surface area contributed by atoms with Crippen LogP contribution in [-0.4, -0.2) is 107 Å². The maximum absolute atomic E-state index is 15.3. The molecular weight excluding hydrogens is 708 g/mol. The highest BCUT2D eigenvalue weighted by atomic mass is 16.6. The largest absolute Gasteiger partial charge is 0.493 e. The molecule has 3 rings (SSSR count). The highest BCUT2D eigenvalue weighted by Gasteiger charge is 2.45. The molecule has 0 radical (unpaired) electrons. The number of carbonyl (C=O) groups excluding carboxylic acids is 4. The predicted octanol–water partition coefficient (Wildman–Crippen LogP) is 7.25. The molecule has 2 aromatic carbocycles. The zero-order valence-electron chi connectivity index (χ0n) is 34.6. The van der Waals surface area contributed by atoms with Crippen LogP contribution in [0.4, 0.5) is 4.79 Å². The minimum Gasteiger partial charge on any atom is -0.493 e. The van der Waals surface area contributed by atoms with Crippen molar-refractivity contribution in [3.05, 3.63) is 52.1 Å². The van der Waals surface area contributed by atoms with Crippen molar-refractivity contribution in [3.63, 3.8) is 0 Å². The van der Waals surface area contributed by atoms with Crippen LogP contribution in [0.1, 0.15) is 109 Å². The Balaban J connectivity index is 2.33. The lowest BCUT2D eigenvalue weighted by molar-refractivity contribution is -0.140. The highest BCUT2D eigenvalue weighted by molar-refractivity contribution is 6.07. The first-order valence-corrected chi connectivity index (χ1v) is 18.8. The standard InChI is InChI=1S/C42H60N2O11/c1-13-16-19-52-25-31-33-34(36(53-18-15-3)27(5)37(50-11)39(33)51-12)32(46)23-44(31)40(47)30(43(9)41(48)55-42(6,7)8)22-28-21-26(4)35(49-10)38(29(28)24-45)54-20-17-14-2/h15,21,24,30-31H,3,13-14,16-20,22-23,25H2,1-2,4-12H3/t30-,31+/m1/s1. The molecule has 1 aliphatic rings. The number of carbonyl (C=O) groups is 4. The number of aryl methyl sites for hydroxylation is 1. The summed E-state index contributed by atoms with van der Waals surface area (Å²) >= 11 is 0. The van der Waals surface area contributed by atoms with Crippen LogP contribution in [0.2, 0.25) is 0 Å². The fourth-order valence-electron chi connectivity index (χ4n) is 6.65. The van der Waals surface area contributed by atoms with E-state index in [2.05, 4.69) is 6.58 Å². The molecule has 13 nitrogen and oxygen atoms in total. The van der Waals surface area contributed by atoms with E-state index >= 15 is 4.79 Å². The predicted molar refractivity (Wildman–Crippen MR) is 209 cm³/mol. The first kappa shape index (κ1) is 44.6. The van der Waals surface area contributed by atoms with Crippen LogP contribution >= 0.6 is 0 Å². The van der Waals surface area contributed by atoms with Crippen LogP contribution in [0.5, 0.6) is 28.7 Å². The molecule has 13 heteroatoms. The lowest BCUT2D eigenvalue weighted by Gasteiger charge is -2.41. The van der Waals surface area contributed by atoms with Crippen LogP contribution in [0, 0.1) is 13.8 Å². The molecule has 0 aromatic heterocycles. The molecule has 2 atom stereocenters. The monoisotopic (exact) mass is 768 g/mol. The molecule has 0 saturated heterocycles. The fraction of sp³-hybridized carbons (Fsp3) is 0.571. The van der Waals surface area contributed by atoms with Gasteiger partial charge in [-0.3, -0.25) is 19.3 Å². The average molecular weight is 769 g/mol. The number of aldehydes is 1. The zero-order chi connectivity index (χ0) is 41.0. The summed E-state index contributed by atoms with van der Waals surface area (Å²) in [6.45, 7) is 17.1. The molecule has 0 saturated carbocycles. The first-order chi connectivity index (χ1) is 26.1. The summed E-state index contributed by atoms with van der Waals surface area (Å²) in [6.07, 6.45) is 4.61. The fourth-order valence-corrected chi connectivity index (χ4v) is 6.65. The van der Waals surface area contributed by atoms with E-state index in [0.717, 1.165) is 25.7 Å². The minimum absolute atomic E-state index is 0.00495. The molecular formula is C42H60N2O11. The van der Waals surface area contributed by atoms with E-state index < -0.39 is 35.5 Å². The smallest absolute Gasteiger partial charge is 0.410 e. The topological polar surface area (TPSA) is 139 Å². The van der Waals surface area contributed by atoms with Gasteiger partial charge >= 0.3 is 6.09 Å². The van der Waals surface area contributed by atoms with E-state index in [1.165, 1.54) is 38.2 Å². The van der Waals surface area contributed by atoms with E-state index in [4.69, 9.17) is 33.2 Å². The van der Waals surface area contributed by atoms with E-state index in [1.807, 2.05) is 20.8 Å². The van der Waals surface area contributed by atoms with Crippen molar-refractivity contribution in [1.82, 2.24) is 9.80 Å². The van der Waals surface area contributed by atoms with E-state index in [0.29, 0.717) is 59.0 Å². The lowest BCUT2D eigenvalue weighted by atomic mass is 9.86. The Morgan fingerprint density at radius 1 is 0.964 bits per heavy atom. The van der Waals surface area contributed by atoms with Gasteiger partial charge in [-0.05, 0) is 58.6 Å². The van der Waals surface area contributed by atoms with Gasteiger partial charge in [0.05, 0.1) is 58.3 Å². The van der Waals surface area contributed by atoms with Gasteiger partial charge in [0.1, 0.15) is 24.0 Å². The van der Waals surface area contributed by atoms with Crippen molar-refractivity contribution in [2.45, 2.75) is 98.3 Å². The van der Waals surface area contributed by atoms with Crippen molar-refractivity contribution in [1.29, 1.82) is 0 Å². The Kier molecular flexibility index (Phi) is 16.4. The number of hydrogen-bond acceptors (Lipinski definition) is 11. The van der Waals surface area contributed by atoms with Crippen LogP contribution in [0.25, 0.3) is 0 Å². The molecule has 0 aliphatic carbocycles. The van der Waals surface area contributed by atoms with E-state index in [1.54, 1.807) is 39.8 Å². The molecule has 0 bridgehead atoms. The minimum atomic E-state index is -1.26. The van der Waals surface area contributed by atoms with Crippen molar-refractivity contribution in [3.8, 4) is 28.7 Å². The number of rotatable bonds is 20. The Bertz CT molecular complexity index is 1700. The van der Waals surface area contributed by atoms with Gasteiger partial charge in [-0.25, -0.2) is 4.79 Å². The Morgan fingerprint density at radius 2 is 1.60 bits per heavy atom. The number of unbranched alkanes of at least 4 members (excludes halogenated alkanes) is 2. The number of ether oxygens (including phenoxy) is 7. The molecule has 304 valence electrons. The highest BCUT2D eigenvalue weighted by Crippen LogP contribution is 2.50. The maximum atomic E-state index is 15.3. The number of amides is 2. The second-order valence-electron chi connectivity index (χ2n) is 14.5. The molecule has 2 aromatic rings. The van der Waals surface area contributed by atoms with Gasteiger partial charge in [0.2, 0.25) is 5.91 Å². The Labute approximate surface area is 326 Å². The first-order valence-electron chi connectivity index (χ1n) is 18.8. The van der Waals surface area contributed by atoms with Crippen LogP contribution in [-0.2, 0) is 20.7 Å². The molecule has 1 heterocycles. The number of nitrogens with zero attached hydrogens (tertiary/aromatic N) is 2. The number of benzene rings is 2. The average Bonchev–Trinajstić information content (AvgIpc) is 3.14. The molecule has 0 unspecified atom stereocenters. The summed E-state index contributed by atoms with van der Waals surface area (Å²) in [5.41, 5.74) is 1.60. The van der Waals surface area contributed by atoms with Crippen molar-refractivity contribution in [2.75, 3.05) is 61.3 Å². The normalized spacial score (nSPS) is 14.4. The number of ketones is 1. The SMILES string of the molecule is C=CCOc1c(C)c(OC)c(OC)c2c1C(=O)CN(C(=O)[C@@H](Cc1cc(C)c(OC)c(OCCCC)c1C=O)N(C)C(=O)OC(C)(C)C)[C@H]2COCCCC. The van der Waals surface area contributed by atoms with Crippen LogP contribution in [0.3, 0.4) is 0 Å². The quantitative estimate of drug-likeness (QED) is 0.0765. The molecule has 0 fully saturated rings. The van der Waals surface area contributed by atoms with Crippen molar-refractivity contribution in [2.24, 2.45) is 0 Å². The molecule has 0 spiro atoms. The van der Waals surface area contributed by atoms with Crippen LogP contribution in [0.15, 0.2) is 18.7 Å². The number of methoxy groups -OCH3 is 3. The van der Waals surface area contributed by atoms with E-state index in [9.17, 15) is 14.4 Å². The molecule has 55 heavy (non-hydrogen) atoms.